The molecule has 2 fully saturated rings. The number of unbranched alkanes of at least 4 members (excludes halogenated alkanes) is 6. The first-order valence-electron chi connectivity index (χ1n) is 20.9. The molecule has 17 N–H and O–H groups in total. The molecule has 0 aliphatic heterocycles. The third-order valence-corrected chi connectivity index (χ3v) is 14.1. The van der Waals surface area contributed by atoms with Gasteiger partial charge in [0.1, 0.15) is 7.73 Å². The number of thioether (sulfide) groups is 4. The number of nitrogens with one attached hydrogen (secondary N) is 2. The Morgan fingerprint density at radius 3 is 1.56 bits per heavy atom. The fourth-order valence-corrected chi connectivity index (χ4v) is 9.48. The normalized spacial score (nSPS) is 18.9. The number of aliphatic hydroxyl groups excluding tert-OH is 1. The van der Waals surface area contributed by atoms with Crippen molar-refractivity contribution in [1.29, 1.82) is 1.12 Å². The van der Waals surface area contributed by atoms with Crippen LogP contribution < -0.4 is 43.7 Å². The summed E-state index contributed by atoms with van der Waals surface area (Å²) in [7, 11) is 1.59. The molecule has 0 saturated heterocycles. The van der Waals surface area contributed by atoms with E-state index >= 15 is 0 Å². The summed E-state index contributed by atoms with van der Waals surface area (Å²) in [6.45, 7) is 5.98. The van der Waals surface area contributed by atoms with Crippen LogP contribution in [0.25, 0.3) is 0 Å². The molecular weight excluding hydrogens is 809 g/mol. The lowest BCUT2D eigenvalue weighted by atomic mass is 9.87. The monoisotopic (exact) mass is 899 g/mol. The Morgan fingerprint density at radius 1 is 0.782 bits per heavy atom. The molecule has 0 aromatic heterocycles. The number of aliphatic hydroxyl groups is 1. The second-order valence-electron chi connectivity index (χ2n) is 13.1. The average Bonchev–Trinajstić information content (AvgIpc) is 3.17. The van der Waals surface area contributed by atoms with Crippen LogP contribution >= 0.6 is 72.2 Å². The van der Waals surface area contributed by atoms with E-state index in [4.69, 9.17) is 46.1 Å². The summed E-state index contributed by atoms with van der Waals surface area (Å²) in [5.74, 6) is 7.94. The summed E-state index contributed by atoms with van der Waals surface area (Å²) in [6, 6.07) is 0. The molecular formula is C38H88N8O3S6+4. The SMILES string of the molecule is COC(=[NH2+])CCCCCCC(=[NH2+])CO.CSCC[NH+]=C(N)CCCCCCC(N)=[NH+]CCSC1CCC1C.NCCSC1CCC1SCCN.O.[2H]CS.[2H]SC. The van der Waals surface area contributed by atoms with Gasteiger partial charge in [0.15, 0.2) is 5.71 Å². The summed E-state index contributed by atoms with van der Waals surface area (Å²) >= 11 is 12.5. The van der Waals surface area contributed by atoms with E-state index < -0.39 is 0 Å². The van der Waals surface area contributed by atoms with E-state index in [1.807, 2.05) is 35.3 Å². The van der Waals surface area contributed by atoms with Crippen molar-refractivity contribution in [2.24, 2.45) is 28.9 Å². The van der Waals surface area contributed by atoms with E-state index in [1.54, 1.807) is 13.4 Å². The average molecular weight is 900 g/mol. The number of hydrogen-bond donors (Lipinski definition) is 11. The standard InChI is InChI=1S/C18H36N4S2.C10H20N2O2.C8H18N2S2.2CH4S.H2O/c1-15-9-10-16(15)24-14-12-22-18(20)8-6-4-3-5-7-17(19)21-11-13-23-2;1-14-10(12)7-5-3-2-4-6-9(11)8-13;9-3-5-11-7-1-2-8(7)12-6-4-10;2*1-2;/h15-16H,3-14H2,1-2H3,(H2,19,21)(H2,20,22);11-13H,2-8H2,1H3;7-8H,1-6,9-10H2;2*2H,1H3;1H2/p+4/i;;;1D;;/hD. The molecule has 0 amide bonds. The molecule has 55 heavy (non-hydrogen) atoms. The van der Waals surface area contributed by atoms with Gasteiger partial charge in [0.05, 0.1) is 26.6 Å². The van der Waals surface area contributed by atoms with Gasteiger partial charge in [0, 0.05) is 72.5 Å². The zero-order valence-corrected chi connectivity index (χ0v) is 40.0. The van der Waals surface area contributed by atoms with E-state index in [2.05, 4.69) is 47.6 Å². The van der Waals surface area contributed by atoms with Crippen LogP contribution in [0.15, 0.2) is 0 Å². The van der Waals surface area contributed by atoms with Crippen LogP contribution in [0, 0.1) is 5.92 Å². The predicted molar refractivity (Wildman–Crippen MR) is 260 cm³/mol. The van der Waals surface area contributed by atoms with E-state index in [-0.39, 0.29) is 18.3 Å². The van der Waals surface area contributed by atoms with Crippen LogP contribution in [0.5, 0.6) is 0 Å². The summed E-state index contributed by atoms with van der Waals surface area (Å²) < 4.78 is 17.0. The third kappa shape index (κ3) is 40.6. The van der Waals surface area contributed by atoms with Crippen molar-refractivity contribution in [3.63, 3.8) is 0 Å². The van der Waals surface area contributed by atoms with Crippen molar-refractivity contribution in [3.8, 4) is 0 Å². The largest absolute Gasteiger partial charge is 0.451 e. The molecule has 4 unspecified atom stereocenters. The molecule has 2 saturated carbocycles. The molecule has 330 valence electrons. The second kappa shape index (κ2) is 48.4. The summed E-state index contributed by atoms with van der Waals surface area (Å²) in [5.41, 5.74) is 23.6. The topological polar surface area (TPSA) is 244 Å². The molecule has 0 heterocycles. The maximum absolute atomic E-state index is 8.64. The number of ether oxygens (including phenoxy) is 1. The summed E-state index contributed by atoms with van der Waals surface area (Å²) in [4.78, 5) is 6.65. The molecule has 17 heteroatoms. The van der Waals surface area contributed by atoms with Crippen LogP contribution in [0.1, 0.15) is 111 Å². The maximum Gasteiger partial charge on any atom is 0.332 e. The minimum absolute atomic E-state index is 0. The van der Waals surface area contributed by atoms with Gasteiger partial charge in [0.2, 0.25) is 11.7 Å². The summed E-state index contributed by atoms with van der Waals surface area (Å²) in [6.07, 6.45) is 22.4. The maximum atomic E-state index is 8.64. The van der Waals surface area contributed by atoms with Gasteiger partial charge in [-0.1, -0.05) is 32.6 Å². The molecule has 0 bridgehead atoms. The highest BCUT2D eigenvalue weighted by Gasteiger charge is 2.30. The molecule has 0 aromatic rings. The first kappa shape index (κ1) is 57.1. The first-order chi connectivity index (χ1) is 27.0. The molecule has 2 aliphatic rings. The van der Waals surface area contributed by atoms with E-state index in [9.17, 15) is 0 Å². The molecule has 2 aliphatic carbocycles. The number of amidine groups is 2. The highest BCUT2D eigenvalue weighted by molar-refractivity contribution is 8.04. The van der Waals surface area contributed by atoms with Gasteiger partial charge in [-0.05, 0) is 76.0 Å². The molecule has 0 radical (unpaired) electrons. The Balaban J connectivity index is -0.000000363. The minimum atomic E-state index is 0. The Kier molecular flexibility index (Phi) is 50.2. The first-order valence-corrected chi connectivity index (χ1v) is 25.7. The number of thiol groups is 2. The van der Waals surface area contributed by atoms with Crippen molar-refractivity contribution in [2.75, 3.05) is 81.7 Å². The van der Waals surface area contributed by atoms with Gasteiger partial charge >= 0.3 is 5.90 Å². The highest BCUT2D eigenvalue weighted by atomic mass is 32.2. The number of nitrogens with two attached hydrogens (primary N) is 6. The zero-order chi connectivity index (χ0) is 42.7. The third-order valence-electron chi connectivity index (χ3n) is 8.81. The fourth-order valence-electron chi connectivity index (χ4n) is 5.23. The van der Waals surface area contributed by atoms with Crippen molar-refractivity contribution in [1.82, 2.24) is 0 Å². The van der Waals surface area contributed by atoms with Gasteiger partial charge in [-0.3, -0.25) is 26.9 Å². The van der Waals surface area contributed by atoms with Gasteiger partial charge in [-0.25, -0.2) is 5.41 Å². The van der Waals surface area contributed by atoms with Gasteiger partial charge in [-0.15, -0.1) is 0 Å². The van der Waals surface area contributed by atoms with Crippen LogP contribution in [0.3, 0.4) is 0 Å². The molecule has 4 atom stereocenters. The lowest BCUT2D eigenvalue weighted by Gasteiger charge is -2.35. The number of hydrogen-bond acceptors (Lipinski definition) is 10. The van der Waals surface area contributed by atoms with E-state index in [1.165, 1.54) is 57.1 Å². The Hall–Kier alpha value is 0.0200. The summed E-state index contributed by atoms with van der Waals surface area (Å²) in [5, 5.41) is 22.2. The zero-order valence-electron chi connectivity index (χ0n) is 37.0. The predicted octanol–water partition coefficient (Wildman–Crippen LogP) is -0.411. The van der Waals surface area contributed by atoms with Gasteiger partial charge < -0.3 is 26.8 Å². The van der Waals surface area contributed by atoms with Crippen molar-refractivity contribution >= 4 is 95.5 Å². The smallest absolute Gasteiger partial charge is 0.332 e. The van der Waals surface area contributed by atoms with Crippen molar-refractivity contribution in [2.45, 2.75) is 125 Å². The minimum Gasteiger partial charge on any atom is -0.451 e. The van der Waals surface area contributed by atoms with Gasteiger partial charge in [-0.2, -0.15) is 72.2 Å². The number of methoxy groups -OCH3 is 1. The van der Waals surface area contributed by atoms with Gasteiger partial charge in [0.25, 0.3) is 0 Å². The molecule has 0 spiro atoms. The molecule has 2 rings (SSSR count). The molecule has 0 aromatic carbocycles. The molecule has 11 nitrogen and oxygen atoms in total. The van der Waals surface area contributed by atoms with Crippen molar-refractivity contribution in [3.05, 3.63) is 0 Å². The van der Waals surface area contributed by atoms with E-state index in [0.29, 0.717) is 11.6 Å². The lowest BCUT2D eigenvalue weighted by Crippen LogP contribution is -2.76. The van der Waals surface area contributed by atoms with Crippen molar-refractivity contribution < 1.29 is 37.5 Å². The number of rotatable bonds is 28. The van der Waals surface area contributed by atoms with E-state index in [0.717, 1.165) is 141 Å². The quantitative estimate of drug-likeness (QED) is 0.0210. The Morgan fingerprint density at radius 2 is 1.20 bits per heavy atom. The Labute approximate surface area is 367 Å². The second-order valence-corrected chi connectivity index (χ2v) is 18.2. The highest BCUT2D eigenvalue weighted by Crippen LogP contribution is 2.39. The Bertz CT molecular complexity index is 919. The van der Waals surface area contributed by atoms with Crippen LogP contribution in [0.2, 0.25) is 0 Å². The van der Waals surface area contributed by atoms with Crippen LogP contribution in [-0.4, -0.2) is 132 Å². The fraction of sp³-hybridized carbons (Fsp3) is 0.895. The van der Waals surface area contributed by atoms with Crippen LogP contribution in [-0.2, 0) is 4.74 Å². The lowest BCUT2D eigenvalue weighted by molar-refractivity contribution is -0.453. The van der Waals surface area contributed by atoms with Crippen LogP contribution in [0.4, 0.5) is 0 Å².